The molecule has 0 aromatic heterocycles. The summed E-state index contributed by atoms with van der Waals surface area (Å²) >= 11 is 0. The van der Waals surface area contributed by atoms with E-state index in [2.05, 4.69) is 36.2 Å². The van der Waals surface area contributed by atoms with Crippen molar-refractivity contribution in [2.75, 3.05) is 26.2 Å². The summed E-state index contributed by atoms with van der Waals surface area (Å²) in [6.45, 7) is 9.41. The number of rotatable bonds is 9. The van der Waals surface area contributed by atoms with Gasteiger partial charge in [0.2, 0.25) is 5.91 Å². The van der Waals surface area contributed by atoms with Crippen molar-refractivity contribution in [1.82, 2.24) is 10.2 Å². The van der Waals surface area contributed by atoms with Crippen LogP contribution in [0.15, 0.2) is 30.3 Å². The maximum absolute atomic E-state index is 12.0. The van der Waals surface area contributed by atoms with Gasteiger partial charge in [0.15, 0.2) is 0 Å². The second kappa shape index (κ2) is 9.53. The predicted molar refractivity (Wildman–Crippen MR) is 87.9 cm³/mol. The molecular formula is C17H29N3O. The van der Waals surface area contributed by atoms with Crippen molar-refractivity contribution in [1.29, 1.82) is 0 Å². The fourth-order valence-electron chi connectivity index (χ4n) is 2.48. The molecule has 1 aromatic rings. The fourth-order valence-corrected chi connectivity index (χ4v) is 2.48. The molecule has 21 heavy (non-hydrogen) atoms. The lowest BCUT2D eigenvalue weighted by Crippen LogP contribution is -2.38. The van der Waals surface area contributed by atoms with Crippen LogP contribution in [0.3, 0.4) is 0 Å². The Kier molecular flexibility index (Phi) is 8.01. The van der Waals surface area contributed by atoms with Gasteiger partial charge in [0.25, 0.3) is 0 Å². The molecule has 0 aliphatic carbocycles. The summed E-state index contributed by atoms with van der Waals surface area (Å²) in [6.07, 6.45) is 0.496. The molecule has 4 nitrogen and oxygen atoms in total. The zero-order chi connectivity index (χ0) is 15.7. The zero-order valence-corrected chi connectivity index (χ0v) is 13.5. The van der Waals surface area contributed by atoms with E-state index in [0.29, 0.717) is 19.5 Å². The number of hydrogen-bond donors (Lipinski definition) is 2. The highest BCUT2D eigenvalue weighted by Gasteiger charge is 2.18. The number of benzene rings is 1. The molecule has 0 radical (unpaired) electrons. The average molecular weight is 291 g/mol. The third kappa shape index (κ3) is 5.86. The van der Waals surface area contributed by atoms with Crippen LogP contribution in [0.5, 0.6) is 0 Å². The summed E-state index contributed by atoms with van der Waals surface area (Å²) < 4.78 is 0. The summed E-state index contributed by atoms with van der Waals surface area (Å²) in [5, 5.41) is 3.06. The minimum absolute atomic E-state index is 0.0843. The van der Waals surface area contributed by atoms with Gasteiger partial charge >= 0.3 is 0 Å². The monoisotopic (exact) mass is 291 g/mol. The molecule has 0 saturated carbocycles. The van der Waals surface area contributed by atoms with Crippen molar-refractivity contribution in [2.24, 2.45) is 11.7 Å². The number of nitrogens with zero attached hydrogens (tertiary/aromatic N) is 1. The van der Waals surface area contributed by atoms with Crippen LogP contribution in [0.1, 0.15) is 38.8 Å². The molecule has 3 N–H and O–H groups in total. The number of carbonyl (C=O) groups excluding carboxylic acids is 1. The average Bonchev–Trinajstić information content (AvgIpc) is 2.52. The van der Waals surface area contributed by atoms with Crippen molar-refractivity contribution in [3.05, 3.63) is 35.9 Å². The number of nitrogens with two attached hydrogens (primary N) is 1. The topological polar surface area (TPSA) is 58.4 Å². The van der Waals surface area contributed by atoms with E-state index in [0.717, 1.165) is 13.1 Å². The van der Waals surface area contributed by atoms with Crippen LogP contribution < -0.4 is 11.1 Å². The molecule has 0 aliphatic rings. The van der Waals surface area contributed by atoms with E-state index >= 15 is 0 Å². The minimum atomic E-state index is 0.0843. The van der Waals surface area contributed by atoms with Crippen LogP contribution in [-0.2, 0) is 4.79 Å². The normalized spacial score (nSPS) is 14.0. The fraction of sp³-hybridized carbons (Fsp3) is 0.588. The molecule has 2 unspecified atom stereocenters. The first-order chi connectivity index (χ1) is 10.1. The highest BCUT2D eigenvalue weighted by atomic mass is 16.1. The molecule has 1 amide bonds. The standard InChI is InChI=1S/C17H29N3O/c1-4-20(5-2)16(15-9-7-6-8-10-15)13-19-17(21)11-14(3)12-18/h6-10,14,16H,4-5,11-13,18H2,1-3H3,(H,19,21). The second-order valence-corrected chi connectivity index (χ2v) is 5.50. The summed E-state index contributed by atoms with van der Waals surface area (Å²) in [4.78, 5) is 14.3. The van der Waals surface area contributed by atoms with Crippen molar-refractivity contribution >= 4 is 5.91 Å². The molecule has 4 heteroatoms. The largest absolute Gasteiger partial charge is 0.354 e. The van der Waals surface area contributed by atoms with Gasteiger partial charge in [-0.15, -0.1) is 0 Å². The van der Waals surface area contributed by atoms with E-state index in [9.17, 15) is 4.79 Å². The van der Waals surface area contributed by atoms with Gasteiger partial charge in [-0.2, -0.15) is 0 Å². The minimum Gasteiger partial charge on any atom is -0.354 e. The highest BCUT2D eigenvalue weighted by Crippen LogP contribution is 2.19. The molecule has 0 saturated heterocycles. The number of carbonyl (C=O) groups is 1. The van der Waals surface area contributed by atoms with E-state index in [1.54, 1.807) is 0 Å². The van der Waals surface area contributed by atoms with Crippen LogP contribution in [-0.4, -0.2) is 37.0 Å². The number of hydrogen-bond acceptors (Lipinski definition) is 3. The Hall–Kier alpha value is -1.39. The van der Waals surface area contributed by atoms with Gasteiger partial charge in [-0.1, -0.05) is 51.1 Å². The van der Waals surface area contributed by atoms with Gasteiger partial charge < -0.3 is 11.1 Å². The summed E-state index contributed by atoms with van der Waals surface area (Å²) in [5.41, 5.74) is 6.81. The lowest BCUT2D eigenvalue weighted by atomic mass is 10.0. The third-order valence-electron chi connectivity index (χ3n) is 3.87. The molecule has 0 fully saturated rings. The van der Waals surface area contributed by atoms with Crippen LogP contribution in [0.2, 0.25) is 0 Å². The van der Waals surface area contributed by atoms with Gasteiger partial charge in [-0.25, -0.2) is 0 Å². The Morgan fingerprint density at radius 1 is 1.24 bits per heavy atom. The first kappa shape index (κ1) is 17.7. The Labute approximate surface area is 128 Å². The number of nitrogens with one attached hydrogen (secondary N) is 1. The SMILES string of the molecule is CCN(CC)C(CNC(=O)CC(C)CN)c1ccccc1. The molecule has 0 heterocycles. The smallest absolute Gasteiger partial charge is 0.220 e. The van der Waals surface area contributed by atoms with Crippen LogP contribution >= 0.6 is 0 Å². The molecule has 0 spiro atoms. The van der Waals surface area contributed by atoms with E-state index in [-0.39, 0.29) is 17.9 Å². The molecule has 1 rings (SSSR count). The van der Waals surface area contributed by atoms with Crippen LogP contribution in [0.4, 0.5) is 0 Å². The van der Waals surface area contributed by atoms with Crippen LogP contribution in [0.25, 0.3) is 0 Å². The van der Waals surface area contributed by atoms with Gasteiger partial charge in [0.05, 0.1) is 6.04 Å². The first-order valence-corrected chi connectivity index (χ1v) is 7.88. The highest BCUT2D eigenvalue weighted by molar-refractivity contribution is 5.76. The van der Waals surface area contributed by atoms with Crippen molar-refractivity contribution in [2.45, 2.75) is 33.2 Å². The molecule has 118 valence electrons. The Morgan fingerprint density at radius 2 is 1.86 bits per heavy atom. The predicted octanol–water partition coefficient (Wildman–Crippen LogP) is 2.17. The Bertz CT molecular complexity index is 404. The van der Waals surface area contributed by atoms with E-state index < -0.39 is 0 Å². The quantitative estimate of drug-likeness (QED) is 0.733. The number of amides is 1. The number of likely N-dealkylation sites (N-methyl/N-ethyl adjacent to an activating group) is 1. The summed E-state index contributed by atoms with van der Waals surface area (Å²) in [7, 11) is 0. The van der Waals surface area contributed by atoms with Gasteiger partial charge in [-0.05, 0) is 31.1 Å². The van der Waals surface area contributed by atoms with Crippen molar-refractivity contribution in [3.63, 3.8) is 0 Å². The molecular weight excluding hydrogens is 262 g/mol. The molecule has 0 bridgehead atoms. The van der Waals surface area contributed by atoms with Crippen molar-refractivity contribution < 1.29 is 4.79 Å². The Morgan fingerprint density at radius 3 is 2.38 bits per heavy atom. The summed E-state index contributed by atoms with van der Waals surface area (Å²) in [6, 6.07) is 10.6. The maximum Gasteiger partial charge on any atom is 0.220 e. The van der Waals surface area contributed by atoms with Gasteiger partial charge in [0, 0.05) is 13.0 Å². The zero-order valence-electron chi connectivity index (χ0n) is 13.5. The van der Waals surface area contributed by atoms with E-state index in [1.165, 1.54) is 5.56 Å². The third-order valence-corrected chi connectivity index (χ3v) is 3.87. The molecule has 1 aromatic carbocycles. The summed E-state index contributed by atoms with van der Waals surface area (Å²) in [5.74, 6) is 0.315. The van der Waals surface area contributed by atoms with E-state index in [4.69, 9.17) is 5.73 Å². The van der Waals surface area contributed by atoms with E-state index in [1.807, 2.05) is 25.1 Å². The van der Waals surface area contributed by atoms with Crippen molar-refractivity contribution in [3.8, 4) is 0 Å². The van der Waals surface area contributed by atoms with Gasteiger partial charge in [-0.3, -0.25) is 9.69 Å². The second-order valence-electron chi connectivity index (χ2n) is 5.50. The molecule has 0 aliphatic heterocycles. The Balaban J connectivity index is 2.68. The lowest BCUT2D eigenvalue weighted by Gasteiger charge is -2.30. The van der Waals surface area contributed by atoms with Gasteiger partial charge in [0.1, 0.15) is 0 Å². The lowest BCUT2D eigenvalue weighted by molar-refractivity contribution is -0.122. The maximum atomic E-state index is 12.0. The first-order valence-electron chi connectivity index (χ1n) is 7.88. The molecule has 2 atom stereocenters. The van der Waals surface area contributed by atoms with Crippen LogP contribution in [0, 0.1) is 5.92 Å².